The van der Waals surface area contributed by atoms with Crippen LogP contribution in [0.5, 0.6) is 0 Å². The number of benzene rings is 2. The number of halogens is 1. The summed E-state index contributed by atoms with van der Waals surface area (Å²) in [5.41, 5.74) is 1.10. The minimum absolute atomic E-state index is 0.220. The van der Waals surface area contributed by atoms with Crippen molar-refractivity contribution in [3.05, 3.63) is 95.0 Å². The Labute approximate surface area is 137 Å². The van der Waals surface area contributed by atoms with Crippen LogP contribution in [0.25, 0.3) is 5.03 Å². The van der Waals surface area contributed by atoms with E-state index >= 15 is 0 Å². The Morgan fingerprint density at radius 2 is 1.38 bits per heavy atom. The van der Waals surface area contributed by atoms with Crippen molar-refractivity contribution < 1.29 is 0 Å². The number of hydrogen-bond donors (Lipinski definition) is 0. The SMILES string of the molecule is Cl/C(=C(/[Se]c1ccccc1)C1C=CC=C1)c1ccccc1. The molecule has 104 valence electrons. The summed E-state index contributed by atoms with van der Waals surface area (Å²) >= 11 is 6.95. The van der Waals surface area contributed by atoms with E-state index in [1.807, 2.05) is 18.2 Å². The molecule has 21 heavy (non-hydrogen) atoms. The quantitative estimate of drug-likeness (QED) is 0.713. The molecule has 0 bridgehead atoms. The van der Waals surface area contributed by atoms with E-state index in [9.17, 15) is 0 Å². The van der Waals surface area contributed by atoms with Crippen LogP contribution in [-0.2, 0) is 0 Å². The first-order valence-corrected chi connectivity index (χ1v) is 8.96. The molecule has 3 rings (SSSR count). The Morgan fingerprint density at radius 3 is 2.00 bits per heavy atom. The standard InChI is InChI=1S/C19H15ClSe/c20-18(15-9-3-1-4-10-15)19(16-11-7-8-12-16)21-17-13-5-2-6-14-17/h1-14,16H/b19-18+. The van der Waals surface area contributed by atoms with Gasteiger partial charge < -0.3 is 0 Å². The zero-order chi connectivity index (χ0) is 14.5. The Kier molecular flexibility index (Phi) is 4.77. The third kappa shape index (κ3) is 3.57. The van der Waals surface area contributed by atoms with Crippen molar-refractivity contribution in [2.24, 2.45) is 5.92 Å². The Balaban J connectivity index is 2.00. The van der Waals surface area contributed by atoms with Gasteiger partial charge in [0, 0.05) is 0 Å². The summed E-state index contributed by atoms with van der Waals surface area (Å²) < 4.78 is 2.66. The van der Waals surface area contributed by atoms with Crippen molar-refractivity contribution in [1.82, 2.24) is 0 Å². The molecular weight excluding hydrogens is 343 g/mol. The van der Waals surface area contributed by atoms with Gasteiger partial charge in [-0.3, -0.25) is 0 Å². The van der Waals surface area contributed by atoms with Crippen LogP contribution in [0.1, 0.15) is 5.56 Å². The first kappa shape index (κ1) is 14.4. The van der Waals surface area contributed by atoms with Crippen LogP contribution in [0.2, 0.25) is 0 Å². The summed E-state index contributed by atoms with van der Waals surface area (Å²) in [6.07, 6.45) is 8.62. The van der Waals surface area contributed by atoms with Gasteiger partial charge in [0.05, 0.1) is 0 Å². The summed E-state index contributed by atoms with van der Waals surface area (Å²) in [7, 11) is 0. The molecule has 1 aliphatic carbocycles. The molecule has 0 saturated carbocycles. The van der Waals surface area contributed by atoms with Gasteiger partial charge in [0.1, 0.15) is 0 Å². The predicted molar refractivity (Wildman–Crippen MR) is 92.8 cm³/mol. The van der Waals surface area contributed by atoms with Crippen LogP contribution in [0, 0.1) is 5.92 Å². The minimum atomic E-state index is 0.220. The second kappa shape index (κ2) is 6.95. The van der Waals surface area contributed by atoms with E-state index in [0.717, 1.165) is 10.6 Å². The second-order valence-electron chi connectivity index (χ2n) is 4.75. The summed E-state index contributed by atoms with van der Waals surface area (Å²) in [6, 6.07) is 20.8. The van der Waals surface area contributed by atoms with Gasteiger partial charge in [-0.2, -0.15) is 0 Å². The molecule has 2 heteroatoms. The molecule has 2 aromatic rings. The van der Waals surface area contributed by atoms with Gasteiger partial charge in [-0.15, -0.1) is 0 Å². The molecular formula is C19H15ClSe. The van der Waals surface area contributed by atoms with Crippen molar-refractivity contribution in [3.8, 4) is 0 Å². The Hall–Kier alpha value is -1.53. The molecule has 0 heterocycles. The maximum absolute atomic E-state index is 6.73. The molecule has 0 N–H and O–H groups in total. The first-order chi connectivity index (χ1) is 10.3. The monoisotopic (exact) mass is 358 g/mol. The third-order valence-electron chi connectivity index (χ3n) is 3.27. The predicted octanol–water partition coefficient (Wildman–Crippen LogP) is 4.37. The number of rotatable bonds is 4. The molecule has 0 aliphatic heterocycles. The van der Waals surface area contributed by atoms with Gasteiger partial charge in [-0.25, -0.2) is 0 Å². The van der Waals surface area contributed by atoms with Gasteiger partial charge >= 0.3 is 137 Å². The van der Waals surface area contributed by atoms with Crippen LogP contribution in [0.15, 0.2) is 89.4 Å². The summed E-state index contributed by atoms with van der Waals surface area (Å²) in [4.78, 5) is 0. The van der Waals surface area contributed by atoms with Crippen molar-refractivity contribution in [2.75, 3.05) is 0 Å². The van der Waals surface area contributed by atoms with E-state index in [0.29, 0.717) is 5.92 Å². The van der Waals surface area contributed by atoms with Crippen molar-refractivity contribution in [1.29, 1.82) is 0 Å². The molecule has 0 nitrogen and oxygen atoms in total. The average Bonchev–Trinajstić information content (AvgIpc) is 3.08. The molecule has 0 amide bonds. The van der Waals surface area contributed by atoms with Gasteiger partial charge in [-0.1, -0.05) is 0 Å². The molecule has 0 spiro atoms. The Bertz CT molecular complexity index is 672. The molecule has 0 fully saturated rings. The van der Waals surface area contributed by atoms with E-state index in [4.69, 9.17) is 11.6 Å². The summed E-state index contributed by atoms with van der Waals surface area (Å²) in [5, 5.41) is 0.889. The van der Waals surface area contributed by atoms with Gasteiger partial charge in [0.15, 0.2) is 0 Å². The van der Waals surface area contributed by atoms with Crippen molar-refractivity contribution in [2.45, 2.75) is 0 Å². The van der Waals surface area contributed by atoms with Crippen LogP contribution in [-0.4, -0.2) is 15.0 Å². The molecule has 0 saturated heterocycles. The van der Waals surface area contributed by atoms with E-state index in [1.54, 1.807) is 0 Å². The van der Waals surface area contributed by atoms with Crippen molar-refractivity contribution in [3.63, 3.8) is 0 Å². The van der Waals surface area contributed by atoms with Crippen LogP contribution >= 0.6 is 11.6 Å². The summed E-state index contributed by atoms with van der Waals surface area (Å²) in [5.74, 6) is 0.318. The van der Waals surface area contributed by atoms with Gasteiger partial charge in [0.25, 0.3) is 0 Å². The fraction of sp³-hybridized carbons (Fsp3) is 0.0526. The third-order valence-corrected chi connectivity index (χ3v) is 6.47. The first-order valence-electron chi connectivity index (χ1n) is 6.87. The Morgan fingerprint density at radius 1 is 0.810 bits per heavy atom. The van der Waals surface area contributed by atoms with E-state index < -0.39 is 0 Å². The summed E-state index contributed by atoms with van der Waals surface area (Å²) in [6.45, 7) is 0. The molecule has 0 aromatic heterocycles. The molecule has 2 aromatic carbocycles. The van der Waals surface area contributed by atoms with Gasteiger partial charge in [0.2, 0.25) is 0 Å². The number of hydrogen-bond acceptors (Lipinski definition) is 0. The normalized spacial score (nSPS) is 15.3. The molecule has 0 atom stereocenters. The fourth-order valence-electron chi connectivity index (χ4n) is 2.21. The topological polar surface area (TPSA) is 0 Å². The van der Waals surface area contributed by atoms with E-state index in [1.165, 1.54) is 8.93 Å². The zero-order valence-electron chi connectivity index (χ0n) is 11.4. The molecule has 0 unspecified atom stereocenters. The molecule has 0 radical (unpaired) electrons. The zero-order valence-corrected chi connectivity index (χ0v) is 13.9. The van der Waals surface area contributed by atoms with Crippen LogP contribution in [0.4, 0.5) is 0 Å². The van der Waals surface area contributed by atoms with Gasteiger partial charge in [-0.05, 0) is 0 Å². The molecule has 1 aliphatic rings. The maximum atomic E-state index is 6.73. The fourth-order valence-corrected chi connectivity index (χ4v) is 4.86. The van der Waals surface area contributed by atoms with E-state index in [-0.39, 0.29) is 15.0 Å². The van der Waals surface area contributed by atoms with Crippen LogP contribution < -0.4 is 4.46 Å². The number of allylic oxidation sites excluding steroid dienone is 5. The second-order valence-corrected chi connectivity index (χ2v) is 7.47. The average molecular weight is 358 g/mol. The van der Waals surface area contributed by atoms with Crippen LogP contribution in [0.3, 0.4) is 0 Å². The van der Waals surface area contributed by atoms with E-state index in [2.05, 4.69) is 66.8 Å². The van der Waals surface area contributed by atoms with Crippen molar-refractivity contribution >= 4 is 36.1 Å².